The monoisotopic (exact) mass is 431 g/mol. The highest BCUT2D eigenvalue weighted by molar-refractivity contribution is 5.78. The third kappa shape index (κ3) is 4.94. The highest BCUT2D eigenvalue weighted by Crippen LogP contribution is 2.48. The first-order valence-electron chi connectivity index (χ1n) is 12.0. The number of piperidine rings is 1. The second-order valence-electron chi connectivity index (χ2n) is 10.1. The highest BCUT2D eigenvalue weighted by atomic mass is 16.5. The molecule has 1 unspecified atom stereocenters. The van der Waals surface area contributed by atoms with E-state index >= 15 is 0 Å². The molecule has 8 nitrogen and oxygen atoms in total. The smallest absolute Gasteiger partial charge is 0.244 e. The lowest BCUT2D eigenvalue weighted by Gasteiger charge is -2.40. The van der Waals surface area contributed by atoms with Crippen molar-refractivity contribution in [2.75, 3.05) is 39.3 Å². The van der Waals surface area contributed by atoms with Gasteiger partial charge in [0.1, 0.15) is 0 Å². The molecule has 4 heterocycles. The van der Waals surface area contributed by atoms with Crippen molar-refractivity contribution in [3.63, 3.8) is 0 Å². The van der Waals surface area contributed by atoms with Gasteiger partial charge in [0, 0.05) is 38.6 Å². The molecule has 0 N–H and O–H groups in total. The molecule has 1 atom stereocenters. The molecular formula is C23H37N5O3. The molecule has 0 aliphatic carbocycles. The average molecular weight is 432 g/mol. The van der Waals surface area contributed by atoms with Crippen LogP contribution in [0.2, 0.25) is 0 Å². The predicted molar refractivity (Wildman–Crippen MR) is 116 cm³/mol. The summed E-state index contributed by atoms with van der Waals surface area (Å²) in [5, 5.41) is 4.00. The van der Waals surface area contributed by atoms with E-state index in [-0.39, 0.29) is 29.2 Å². The standard InChI is InChI=1S/C23H37N5O3/c1-17(2)22(30)27-12-8-23(9-13-27)14-19(21-24-18(3)25-31-21)28(16-23)15-20(29)26-10-6-4-5-7-11-26/h17,19H,4-16H2,1-3H3. The van der Waals surface area contributed by atoms with Crippen molar-refractivity contribution in [2.45, 2.75) is 71.8 Å². The maximum Gasteiger partial charge on any atom is 0.244 e. The molecule has 0 radical (unpaired) electrons. The summed E-state index contributed by atoms with van der Waals surface area (Å²) in [5.74, 6) is 1.75. The van der Waals surface area contributed by atoms with Gasteiger partial charge in [-0.05, 0) is 44.4 Å². The van der Waals surface area contributed by atoms with Crippen LogP contribution in [0.4, 0.5) is 0 Å². The van der Waals surface area contributed by atoms with E-state index in [1.807, 2.05) is 30.6 Å². The molecule has 1 aromatic heterocycles. The molecule has 1 spiro atoms. The SMILES string of the molecule is Cc1noc(C2CC3(CCN(C(=O)C(C)C)CC3)CN2CC(=O)N2CCCCCC2)n1. The number of hydrogen-bond acceptors (Lipinski definition) is 6. The zero-order valence-corrected chi connectivity index (χ0v) is 19.3. The second-order valence-corrected chi connectivity index (χ2v) is 10.1. The van der Waals surface area contributed by atoms with Gasteiger partial charge in [0.2, 0.25) is 17.7 Å². The Kier molecular flexibility index (Phi) is 6.65. The van der Waals surface area contributed by atoms with E-state index in [0.29, 0.717) is 18.3 Å². The van der Waals surface area contributed by atoms with Crippen LogP contribution in [0.1, 0.15) is 76.6 Å². The van der Waals surface area contributed by atoms with Gasteiger partial charge in [0.25, 0.3) is 0 Å². The Labute approximate surface area is 185 Å². The average Bonchev–Trinajstić information content (AvgIpc) is 3.20. The van der Waals surface area contributed by atoms with E-state index < -0.39 is 0 Å². The summed E-state index contributed by atoms with van der Waals surface area (Å²) in [6.45, 7) is 10.3. The summed E-state index contributed by atoms with van der Waals surface area (Å²) in [6, 6.07) is -0.0236. The number of likely N-dealkylation sites (tertiary alicyclic amines) is 3. The Morgan fingerprint density at radius 1 is 1.06 bits per heavy atom. The van der Waals surface area contributed by atoms with Crippen LogP contribution in [0.5, 0.6) is 0 Å². The topological polar surface area (TPSA) is 82.8 Å². The van der Waals surface area contributed by atoms with E-state index in [0.717, 1.165) is 64.8 Å². The maximum atomic E-state index is 13.1. The quantitative estimate of drug-likeness (QED) is 0.729. The summed E-state index contributed by atoms with van der Waals surface area (Å²) < 4.78 is 5.56. The zero-order chi connectivity index (χ0) is 22.0. The summed E-state index contributed by atoms with van der Waals surface area (Å²) in [6.07, 6.45) is 7.46. The van der Waals surface area contributed by atoms with E-state index in [1.54, 1.807) is 0 Å². The minimum Gasteiger partial charge on any atom is -0.342 e. The van der Waals surface area contributed by atoms with Gasteiger partial charge in [0.05, 0.1) is 12.6 Å². The Balaban J connectivity index is 1.47. The van der Waals surface area contributed by atoms with E-state index in [2.05, 4.69) is 15.0 Å². The molecule has 4 rings (SSSR count). The zero-order valence-electron chi connectivity index (χ0n) is 19.3. The fourth-order valence-electron chi connectivity index (χ4n) is 5.53. The minimum absolute atomic E-state index is 0.0236. The van der Waals surface area contributed by atoms with Crippen LogP contribution in [-0.4, -0.2) is 75.9 Å². The molecular weight excluding hydrogens is 394 g/mol. The van der Waals surface area contributed by atoms with Gasteiger partial charge in [-0.25, -0.2) is 0 Å². The van der Waals surface area contributed by atoms with Crippen molar-refractivity contribution in [2.24, 2.45) is 11.3 Å². The number of amides is 2. The summed E-state index contributed by atoms with van der Waals surface area (Å²) in [5.41, 5.74) is 0.0971. The van der Waals surface area contributed by atoms with Crippen LogP contribution in [0.3, 0.4) is 0 Å². The highest BCUT2D eigenvalue weighted by Gasteiger charge is 2.49. The van der Waals surface area contributed by atoms with Crippen molar-refractivity contribution < 1.29 is 14.1 Å². The van der Waals surface area contributed by atoms with Crippen LogP contribution in [0, 0.1) is 18.3 Å². The van der Waals surface area contributed by atoms with Crippen molar-refractivity contribution in [1.82, 2.24) is 24.8 Å². The van der Waals surface area contributed by atoms with Crippen LogP contribution >= 0.6 is 0 Å². The van der Waals surface area contributed by atoms with Gasteiger partial charge >= 0.3 is 0 Å². The molecule has 1 aromatic rings. The molecule has 8 heteroatoms. The van der Waals surface area contributed by atoms with Crippen molar-refractivity contribution in [3.05, 3.63) is 11.7 Å². The maximum absolute atomic E-state index is 13.1. The van der Waals surface area contributed by atoms with E-state index in [1.165, 1.54) is 12.8 Å². The van der Waals surface area contributed by atoms with Gasteiger partial charge in [-0.2, -0.15) is 4.98 Å². The molecule has 0 bridgehead atoms. The lowest BCUT2D eigenvalue weighted by atomic mass is 9.76. The summed E-state index contributed by atoms with van der Waals surface area (Å²) >= 11 is 0. The fraction of sp³-hybridized carbons (Fsp3) is 0.826. The number of carbonyl (C=O) groups excluding carboxylic acids is 2. The van der Waals surface area contributed by atoms with Gasteiger partial charge in [-0.3, -0.25) is 14.5 Å². The van der Waals surface area contributed by atoms with Crippen molar-refractivity contribution >= 4 is 11.8 Å². The van der Waals surface area contributed by atoms with Crippen LogP contribution in [0.25, 0.3) is 0 Å². The predicted octanol–water partition coefficient (Wildman–Crippen LogP) is 2.79. The van der Waals surface area contributed by atoms with Gasteiger partial charge < -0.3 is 14.3 Å². The van der Waals surface area contributed by atoms with Crippen LogP contribution < -0.4 is 0 Å². The fourth-order valence-corrected chi connectivity index (χ4v) is 5.53. The molecule has 172 valence electrons. The number of aromatic nitrogens is 2. The van der Waals surface area contributed by atoms with Crippen LogP contribution in [0.15, 0.2) is 4.52 Å². The Hall–Kier alpha value is -1.96. The third-order valence-electron chi connectivity index (χ3n) is 7.36. The van der Waals surface area contributed by atoms with Crippen molar-refractivity contribution in [3.8, 4) is 0 Å². The summed E-state index contributed by atoms with van der Waals surface area (Å²) in [7, 11) is 0. The molecule has 31 heavy (non-hydrogen) atoms. The Morgan fingerprint density at radius 3 is 2.32 bits per heavy atom. The first-order valence-corrected chi connectivity index (χ1v) is 12.0. The first-order chi connectivity index (χ1) is 14.9. The summed E-state index contributed by atoms with van der Waals surface area (Å²) in [4.78, 5) is 36.4. The molecule has 2 amide bonds. The molecule has 3 saturated heterocycles. The van der Waals surface area contributed by atoms with E-state index in [4.69, 9.17) is 4.52 Å². The number of hydrogen-bond donors (Lipinski definition) is 0. The first kappa shape index (κ1) is 22.2. The Morgan fingerprint density at radius 2 is 1.74 bits per heavy atom. The Bertz CT molecular complexity index is 776. The lowest BCUT2D eigenvalue weighted by molar-refractivity contribution is -0.136. The van der Waals surface area contributed by atoms with Crippen molar-refractivity contribution in [1.29, 1.82) is 0 Å². The molecule has 0 saturated carbocycles. The molecule has 3 aliphatic heterocycles. The van der Waals surface area contributed by atoms with E-state index in [9.17, 15) is 9.59 Å². The third-order valence-corrected chi connectivity index (χ3v) is 7.36. The number of nitrogens with zero attached hydrogens (tertiary/aromatic N) is 5. The lowest BCUT2D eigenvalue weighted by Crippen LogP contribution is -2.46. The molecule has 0 aromatic carbocycles. The van der Waals surface area contributed by atoms with Crippen LogP contribution in [-0.2, 0) is 9.59 Å². The van der Waals surface area contributed by atoms with Gasteiger partial charge in [-0.15, -0.1) is 0 Å². The molecule has 3 fully saturated rings. The molecule has 3 aliphatic rings. The minimum atomic E-state index is -0.0236. The number of aryl methyl sites for hydroxylation is 1. The van der Waals surface area contributed by atoms with Gasteiger partial charge in [0.15, 0.2) is 5.82 Å². The largest absolute Gasteiger partial charge is 0.342 e. The normalized spacial score (nSPS) is 24.7. The number of rotatable bonds is 4. The second kappa shape index (κ2) is 9.27. The van der Waals surface area contributed by atoms with Gasteiger partial charge in [-0.1, -0.05) is 31.8 Å². The number of carbonyl (C=O) groups is 2.